The fourth-order valence-corrected chi connectivity index (χ4v) is 2.79. The number of phenols is 2. The van der Waals surface area contributed by atoms with Gasteiger partial charge in [-0.3, -0.25) is 0 Å². The number of aryl methyl sites for hydroxylation is 2. The second kappa shape index (κ2) is 7.49. The van der Waals surface area contributed by atoms with Gasteiger partial charge in [-0.25, -0.2) is 0 Å². The minimum absolute atomic E-state index is 0.0663. The molecule has 4 nitrogen and oxygen atoms in total. The van der Waals surface area contributed by atoms with E-state index in [-0.39, 0.29) is 24.7 Å². The Balaban J connectivity index is 2.50. The van der Waals surface area contributed by atoms with Crippen LogP contribution in [0.5, 0.6) is 11.5 Å². The summed E-state index contributed by atoms with van der Waals surface area (Å²) in [6.07, 6.45) is 1.94. The zero-order valence-corrected chi connectivity index (χ0v) is 13.6. The van der Waals surface area contributed by atoms with Crippen molar-refractivity contribution in [1.29, 1.82) is 0 Å². The van der Waals surface area contributed by atoms with Crippen molar-refractivity contribution in [2.75, 3.05) is 0 Å². The average Bonchev–Trinajstić information content (AvgIpc) is 2.58. The molecule has 0 saturated carbocycles. The molecule has 0 spiro atoms. The predicted molar refractivity (Wildman–Crippen MR) is 89.6 cm³/mol. The van der Waals surface area contributed by atoms with E-state index >= 15 is 0 Å². The number of hydrogen-bond donors (Lipinski definition) is 4. The quantitative estimate of drug-likeness (QED) is 0.660. The molecule has 0 bridgehead atoms. The minimum atomic E-state index is -0.227. The first-order valence-corrected chi connectivity index (χ1v) is 7.92. The van der Waals surface area contributed by atoms with Gasteiger partial charge in [-0.15, -0.1) is 0 Å². The minimum Gasteiger partial charge on any atom is -0.507 e. The van der Waals surface area contributed by atoms with E-state index in [1.807, 2.05) is 26.0 Å². The second-order valence-electron chi connectivity index (χ2n) is 5.73. The van der Waals surface area contributed by atoms with E-state index in [4.69, 9.17) is 0 Å². The largest absolute Gasteiger partial charge is 0.507 e. The Morgan fingerprint density at radius 1 is 0.652 bits per heavy atom. The van der Waals surface area contributed by atoms with Crippen LogP contribution in [0.3, 0.4) is 0 Å². The maximum Gasteiger partial charge on any atom is 0.124 e. The van der Waals surface area contributed by atoms with Crippen molar-refractivity contribution in [3.05, 3.63) is 57.6 Å². The highest BCUT2D eigenvalue weighted by Gasteiger charge is 2.14. The van der Waals surface area contributed by atoms with Gasteiger partial charge in [-0.1, -0.05) is 26.0 Å². The monoisotopic (exact) mass is 316 g/mol. The van der Waals surface area contributed by atoms with E-state index in [1.54, 1.807) is 12.1 Å². The lowest BCUT2D eigenvalue weighted by molar-refractivity contribution is 0.275. The molecule has 0 amide bonds. The van der Waals surface area contributed by atoms with Gasteiger partial charge in [0.25, 0.3) is 0 Å². The number of hydrogen-bond acceptors (Lipinski definition) is 4. The van der Waals surface area contributed by atoms with E-state index in [1.165, 1.54) is 0 Å². The summed E-state index contributed by atoms with van der Waals surface area (Å²) in [5.41, 5.74) is 4.37. The number of aromatic hydroxyl groups is 2. The number of benzene rings is 2. The Kier molecular flexibility index (Phi) is 5.64. The van der Waals surface area contributed by atoms with Crippen LogP contribution in [0, 0.1) is 0 Å². The molecule has 124 valence electrons. The van der Waals surface area contributed by atoms with Gasteiger partial charge < -0.3 is 20.4 Å². The SMILES string of the molecule is CCc1cc(CO)c(O)c(Cc2cc(CC)cc(CO)c2O)c1. The van der Waals surface area contributed by atoms with Crippen LogP contribution in [0.15, 0.2) is 24.3 Å². The molecule has 0 saturated heterocycles. The van der Waals surface area contributed by atoms with Gasteiger partial charge >= 0.3 is 0 Å². The Morgan fingerprint density at radius 2 is 1.00 bits per heavy atom. The lowest BCUT2D eigenvalue weighted by atomic mass is 9.94. The van der Waals surface area contributed by atoms with Gasteiger partial charge in [0, 0.05) is 17.5 Å². The molecule has 2 rings (SSSR count). The van der Waals surface area contributed by atoms with Gasteiger partial charge in [-0.05, 0) is 47.2 Å². The molecular weight excluding hydrogens is 292 g/mol. The number of aliphatic hydroxyl groups excluding tert-OH is 2. The first-order valence-electron chi connectivity index (χ1n) is 7.92. The first kappa shape index (κ1) is 17.3. The summed E-state index contributed by atoms with van der Waals surface area (Å²) in [6, 6.07) is 7.37. The maximum atomic E-state index is 10.3. The molecular formula is C19H24O4. The van der Waals surface area contributed by atoms with E-state index in [0.717, 1.165) is 24.0 Å². The second-order valence-corrected chi connectivity index (χ2v) is 5.73. The molecule has 0 fully saturated rings. The fraction of sp³-hybridized carbons (Fsp3) is 0.368. The van der Waals surface area contributed by atoms with Gasteiger partial charge in [-0.2, -0.15) is 0 Å². The van der Waals surface area contributed by atoms with Crippen molar-refractivity contribution in [1.82, 2.24) is 0 Å². The van der Waals surface area contributed by atoms with Gasteiger partial charge in [0.05, 0.1) is 13.2 Å². The molecule has 0 aliphatic carbocycles. The summed E-state index contributed by atoms with van der Waals surface area (Å²) in [5, 5.41) is 39.5. The van der Waals surface area contributed by atoms with Crippen LogP contribution in [0.25, 0.3) is 0 Å². The normalized spacial score (nSPS) is 11.0. The van der Waals surface area contributed by atoms with Gasteiger partial charge in [0.1, 0.15) is 11.5 Å². The van der Waals surface area contributed by atoms with E-state index in [2.05, 4.69) is 0 Å². The van der Waals surface area contributed by atoms with Crippen LogP contribution < -0.4 is 0 Å². The molecule has 0 atom stereocenters. The molecule has 4 N–H and O–H groups in total. The molecule has 0 radical (unpaired) electrons. The van der Waals surface area contributed by atoms with Crippen LogP contribution in [0.4, 0.5) is 0 Å². The molecule has 0 unspecified atom stereocenters. The Labute approximate surface area is 136 Å². The topological polar surface area (TPSA) is 80.9 Å². The summed E-state index contributed by atoms with van der Waals surface area (Å²) in [7, 11) is 0. The highest BCUT2D eigenvalue weighted by Crippen LogP contribution is 2.32. The third-order valence-electron chi connectivity index (χ3n) is 4.19. The molecule has 0 aromatic heterocycles. The molecule has 0 aliphatic heterocycles. The summed E-state index contributed by atoms with van der Waals surface area (Å²) in [4.78, 5) is 0. The average molecular weight is 316 g/mol. The van der Waals surface area contributed by atoms with E-state index < -0.39 is 0 Å². The standard InChI is InChI=1S/C19H24O4/c1-3-12-5-14(18(22)16(7-12)10-20)9-15-6-13(4-2)8-17(11-21)19(15)23/h5-8,20-23H,3-4,9-11H2,1-2H3. The lowest BCUT2D eigenvalue weighted by Crippen LogP contribution is -1.99. The fourth-order valence-electron chi connectivity index (χ4n) is 2.79. The Morgan fingerprint density at radius 3 is 1.30 bits per heavy atom. The molecule has 2 aromatic carbocycles. The zero-order chi connectivity index (χ0) is 17.0. The molecule has 2 aromatic rings. The maximum absolute atomic E-state index is 10.3. The van der Waals surface area contributed by atoms with Crippen LogP contribution in [-0.2, 0) is 32.5 Å². The van der Waals surface area contributed by atoms with Crippen LogP contribution >= 0.6 is 0 Å². The molecule has 0 heterocycles. The highest BCUT2D eigenvalue weighted by atomic mass is 16.3. The van der Waals surface area contributed by atoms with Crippen LogP contribution in [0.2, 0.25) is 0 Å². The first-order chi connectivity index (χ1) is 11.0. The molecule has 23 heavy (non-hydrogen) atoms. The lowest BCUT2D eigenvalue weighted by Gasteiger charge is -2.14. The van der Waals surface area contributed by atoms with Crippen molar-refractivity contribution < 1.29 is 20.4 Å². The third-order valence-corrected chi connectivity index (χ3v) is 4.19. The number of rotatable bonds is 6. The van der Waals surface area contributed by atoms with Crippen molar-refractivity contribution in [2.45, 2.75) is 46.3 Å². The van der Waals surface area contributed by atoms with Crippen molar-refractivity contribution >= 4 is 0 Å². The predicted octanol–water partition coefficient (Wildman–Crippen LogP) is 2.80. The smallest absolute Gasteiger partial charge is 0.124 e. The molecule has 4 heteroatoms. The van der Waals surface area contributed by atoms with Crippen molar-refractivity contribution in [3.8, 4) is 11.5 Å². The summed E-state index contributed by atoms with van der Waals surface area (Å²) in [6.45, 7) is 3.57. The Bertz CT molecular complexity index is 633. The van der Waals surface area contributed by atoms with E-state index in [0.29, 0.717) is 28.7 Å². The Hall–Kier alpha value is -2.04. The van der Waals surface area contributed by atoms with E-state index in [9.17, 15) is 20.4 Å². The van der Waals surface area contributed by atoms with Crippen molar-refractivity contribution in [3.63, 3.8) is 0 Å². The van der Waals surface area contributed by atoms with Crippen molar-refractivity contribution in [2.24, 2.45) is 0 Å². The van der Waals surface area contributed by atoms with Gasteiger partial charge in [0.15, 0.2) is 0 Å². The summed E-state index contributed by atoms with van der Waals surface area (Å²) < 4.78 is 0. The third kappa shape index (κ3) is 3.66. The zero-order valence-electron chi connectivity index (χ0n) is 13.6. The van der Waals surface area contributed by atoms with Crippen LogP contribution in [-0.4, -0.2) is 20.4 Å². The highest BCUT2D eigenvalue weighted by molar-refractivity contribution is 5.50. The van der Waals surface area contributed by atoms with Gasteiger partial charge in [0.2, 0.25) is 0 Å². The summed E-state index contributed by atoms with van der Waals surface area (Å²) in [5.74, 6) is 0.133. The summed E-state index contributed by atoms with van der Waals surface area (Å²) >= 11 is 0. The number of aliphatic hydroxyl groups is 2. The molecule has 0 aliphatic rings. The van der Waals surface area contributed by atoms with Crippen LogP contribution in [0.1, 0.15) is 47.2 Å².